The van der Waals surface area contributed by atoms with Gasteiger partial charge >= 0.3 is 0 Å². The summed E-state index contributed by atoms with van der Waals surface area (Å²) in [6, 6.07) is 2.68. The van der Waals surface area contributed by atoms with Crippen LogP contribution >= 0.6 is 0 Å². The minimum absolute atomic E-state index is 0.0544. The number of rotatable bonds is 6. The van der Waals surface area contributed by atoms with E-state index in [-0.39, 0.29) is 29.9 Å². The molecule has 0 radical (unpaired) electrons. The van der Waals surface area contributed by atoms with Gasteiger partial charge in [0.2, 0.25) is 10.0 Å². The quantitative estimate of drug-likeness (QED) is 0.721. The van der Waals surface area contributed by atoms with E-state index in [2.05, 4.69) is 5.32 Å². The molecule has 1 heterocycles. The summed E-state index contributed by atoms with van der Waals surface area (Å²) in [4.78, 5) is 12.6. The largest absolute Gasteiger partial charge is 0.349 e. The second-order valence-electron chi connectivity index (χ2n) is 6.28. The summed E-state index contributed by atoms with van der Waals surface area (Å²) in [7, 11) is -3.86. The zero-order chi connectivity index (χ0) is 18.6. The standard InChI is InChI=1S/C16H23F2N3O3S/c1-3-12(2)19-16(22)11-20-6-8-21(9-7-20)25(23,24)13-4-5-14(17)15(18)10-13/h4-5,10,12H,3,6-9,11H2,1-2H3,(H,19,22)/p+1/t12-/m0/s1. The highest BCUT2D eigenvalue weighted by Crippen LogP contribution is 2.18. The molecule has 6 nitrogen and oxygen atoms in total. The summed E-state index contributed by atoms with van der Waals surface area (Å²) in [6.07, 6.45) is 0.849. The van der Waals surface area contributed by atoms with Gasteiger partial charge in [0.1, 0.15) is 0 Å². The normalized spacial score (nSPS) is 18.1. The first-order chi connectivity index (χ1) is 11.7. The van der Waals surface area contributed by atoms with Crippen LogP contribution in [-0.4, -0.2) is 57.4 Å². The van der Waals surface area contributed by atoms with E-state index in [0.29, 0.717) is 25.7 Å². The van der Waals surface area contributed by atoms with Gasteiger partial charge in [-0.25, -0.2) is 17.2 Å². The van der Waals surface area contributed by atoms with E-state index in [1.165, 1.54) is 4.31 Å². The summed E-state index contributed by atoms with van der Waals surface area (Å²) in [5, 5.41) is 2.89. The smallest absolute Gasteiger partial charge is 0.275 e. The van der Waals surface area contributed by atoms with Crippen molar-refractivity contribution in [1.29, 1.82) is 0 Å². The van der Waals surface area contributed by atoms with Crippen molar-refractivity contribution in [2.75, 3.05) is 32.7 Å². The average molecular weight is 376 g/mol. The minimum atomic E-state index is -3.86. The van der Waals surface area contributed by atoms with Crippen LogP contribution < -0.4 is 10.2 Å². The van der Waals surface area contributed by atoms with E-state index < -0.39 is 21.7 Å². The predicted octanol–water partition coefficient (Wildman–Crippen LogP) is -0.231. The Balaban J connectivity index is 1.94. The number of carbonyl (C=O) groups is 1. The van der Waals surface area contributed by atoms with Gasteiger partial charge in [-0.2, -0.15) is 4.31 Å². The van der Waals surface area contributed by atoms with E-state index in [4.69, 9.17) is 0 Å². The third-order valence-electron chi connectivity index (χ3n) is 4.39. The van der Waals surface area contributed by atoms with E-state index in [1.807, 2.05) is 13.8 Å². The molecule has 1 fully saturated rings. The lowest BCUT2D eigenvalue weighted by Crippen LogP contribution is -3.15. The van der Waals surface area contributed by atoms with Gasteiger partial charge in [0, 0.05) is 6.04 Å². The van der Waals surface area contributed by atoms with Crippen LogP contribution in [0.15, 0.2) is 23.1 Å². The van der Waals surface area contributed by atoms with E-state index in [0.717, 1.165) is 23.5 Å². The molecule has 1 aliphatic heterocycles. The Morgan fingerprint density at radius 1 is 1.28 bits per heavy atom. The number of hydrogen-bond donors (Lipinski definition) is 2. The van der Waals surface area contributed by atoms with Crippen LogP contribution in [0.1, 0.15) is 20.3 Å². The molecule has 0 spiro atoms. The van der Waals surface area contributed by atoms with Crippen LogP contribution in [0.2, 0.25) is 0 Å². The Morgan fingerprint density at radius 2 is 1.92 bits per heavy atom. The highest BCUT2D eigenvalue weighted by molar-refractivity contribution is 7.89. The van der Waals surface area contributed by atoms with Crippen LogP contribution in [-0.2, 0) is 14.8 Å². The summed E-state index contributed by atoms with van der Waals surface area (Å²) < 4.78 is 52.6. The van der Waals surface area contributed by atoms with Gasteiger partial charge in [0.15, 0.2) is 18.2 Å². The fraction of sp³-hybridized carbons (Fsp3) is 0.562. The summed E-state index contributed by atoms with van der Waals surface area (Å²) in [6.45, 7) is 5.64. The number of hydrogen-bond acceptors (Lipinski definition) is 3. The first-order valence-electron chi connectivity index (χ1n) is 8.32. The van der Waals surface area contributed by atoms with Crippen LogP contribution in [0.3, 0.4) is 0 Å². The average Bonchev–Trinajstić information content (AvgIpc) is 2.57. The molecule has 0 aromatic heterocycles. The van der Waals surface area contributed by atoms with Gasteiger partial charge in [0.05, 0.1) is 31.1 Å². The Bertz CT molecular complexity index is 719. The van der Waals surface area contributed by atoms with Gasteiger partial charge < -0.3 is 10.2 Å². The Labute approximate surface area is 146 Å². The first-order valence-corrected chi connectivity index (χ1v) is 9.76. The third kappa shape index (κ3) is 4.96. The predicted molar refractivity (Wildman–Crippen MR) is 88.6 cm³/mol. The number of benzene rings is 1. The lowest BCUT2D eigenvalue weighted by Gasteiger charge is -2.31. The fourth-order valence-corrected chi connectivity index (χ4v) is 4.11. The van der Waals surface area contributed by atoms with Crippen LogP contribution in [0.5, 0.6) is 0 Å². The molecule has 140 valence electrons. The van der Waals surface area contributed by atoms with Crippen LogP contribution in [0, 0.1) is 11.6 Å². The minimum Gasteiger partial charge on any atom is -0.349 e. The van der Waals surface area contributed by atoms with E-state index in [9.17, 15) is 22.0 Å². The lowest BCUT2D eigenvalue weighted by molar-refractivity contribution is -0.895. The Kier molecular flexibility index (Phi) is 6.47. The maximum absolute atomic E-state index is 13.3. The summed E-state index contributed by atoms with van der Waals surface area (Å²) in [5.74, 6) is -2.33. The Hall–Kier alpha value is -1.58. The molecule has 1 aliphatic rings. The zero-order valence-corrected chi connectivity index (χ0v) is 15.2. The third-order valence-corrected chi connectivity index (χ3v) is 6.28. The first kappa shape index (κ1) is 19.7. The number of nitrogens with one attached hydrogen (secondary N) is 2. The van der Waals surface area contributed by atoms with Crippen molar-refractivity contribution in [1.82, 2.24) is 9.62 Å². The van der Waals surface area contributed by atoms with Crippen LogP contribution in [0.25, 0.3) is 0 Å². The van der Waals surface area contributed by atoms with Crippen molar-refractivity contribution in [2.45, 2.75) is 31.2 Å². The number of nitrogens with zero attached hydrogens (tertiary/aromatic N) is 1. The molecule has 0 bridgehead atoms. The number of halogens is 2. The molecule has 2 rings (SSSR count). The van der Waals surface area contributed by atoms with Crippen molar-refractivity contribution in [3.63, 3.8) is 0 Å². The van der Waals surface area contributed by atoms with Crippen LogP contribution in [0.4, 0.5) is 8.78 Å². The fourth-order valence-electron chi connectivity index (χ4n) is 2.66. The second-order valence-corrected chi connectivity index (χ2v) is 8.22. The zero-order valence-electron chi connectivity index (χ0n) is 14.4. The molecule has 9 heteroatoms. The monoisotopic (exact) mass is 376 g/mol. The molecule has 0 aliphatic carbocycles. The van der Waals surface area contributed by atoms with Crippen molar-refractivity contribution in [3.8, 4) is 0 Å². The van der Waals surface area contributed by atoms with Crippen molar-refractivity contribution < 1.29 is 26.9 Å². The van der Waals surface area contributed by atoms with Gasteiger partial charge in [0.25, 0.3) is 5.91 Å². The SMILES string of the molecule is CC[C@H](C)NC(=O)C[NH+]1CCN(S(=O)(=O)c2ccc(F)c(F)c2)CC1. The maximum Gasteiger partial charge on any atom is 0.275 e. The molecule has 1 atom stereocenters. The van der Waals surface area contributed by atoms with Crippen molar-refractivity contribution in [3.05, 3.63) is 29.8 Å². The van der Waals surface area contributed by atoms with Gasteiger partial charge in [-0.15, -0.1) is 0 Å². The van der Waals surface area contributed by atoms with Gasteiger partial charge in [-0.05, 0) is 31.5 Å². The number of sulfonamides is 1. The number of amides is 1. The molecule has 2 N–H and O–H groups in total. The number of piperazine rings is 1. The maximum atomic E-state index is 13.3. The summed E-state index contributed by atoms with van der Waals surface area (Å²) in [5.41, 5.74) is 0. The number of quaternary nitrogens is 1. The van der Waals surface area contributed by atoms with Crippen molar-refractivity contribution in [2.24, 2.45) is 0 Å². The van der Waals surface area contributed by atoms with E-state index in [1.54, 1.807) is 0 Å². The van der Waals surface area contributed by atoms with E-state index >= 15 is 0 Å². The Morgan fingerprint density at radius 3 is 2.48 bits per heavy atom. The lowest BCUT2D eigenvalue weighted by atomic mass is 10.2. The van der Waals surface area contributed by atoms with Gasteiger partial charge in [-0.1, -0.05) is 6.92 Å². The molecule has 1 aromatic carbocycles. The summed E-state index contributed by atoms with van der Waals surface area (Å²) >= 11 is 0. The topological polar surface area (TPSA) is 70.9 Å². The van der Waals surface area contributed by atoms with Gasteiger partial charge in [-0.3, -0.25) is 4.79 Å². The molecular weight excluding hydrogens is 352 g/mol. The highest BCUT2D eigenvalue weighted by Gasteiger charge is 2.31. The molecule has 0 unspecified atom stereocenters. The molecule has 1 saturated heterocycles. The molecule has 0 saturated carbocycles. The molecule has 25 heavy (non-hydrogen) atoms. The highest BCUT2D eigenvalue weighted by atomic mass is 32.2. The van der Waals surface area contributed by atoms with Crippen molar-refractivity contribution >= 4 is 15.9 Å². The second kappa shape index (κ2) is 8.20. The molecular formula is C16H24F2N3O3S+. The number of carbonyl (C=O) groups excluding carboxylic acids is 1. The molecule has 1 amide bonds. The molecule has 1 aromatic rings.